The molecule has 0 aliphatic carbocycles. The molecule has 0 spiro atoms. The van der Waals surface area contributed by atoms with E-state index in [9.17, 15) is 34.2 Å². The first kappa shape index (κ1) is 25.7. The van der Waals surface area contributed by atoms with Crippen molar-refractivity contribution in [2.75, 3.05) is 6.54 Å². The van der Waals surface area contributed by atoms with Crippen molar-refractivity contribution in [2.45, 2.75) is 62.9 Å². The maximum absolute atomic E-state index is 12.9. The maximum Gasteiger partial charge on any atom is 0.326 e. The minimum Gasteiger partial charge on any atom is -0.480 e. The SMILES string of the molecule is CC(O)C(N)C(=O)N1CCCC1C(=O)NC(CC(N)=O)C(=O)NC(Cc1cnc[nH]1)C(=O)O. The first-order valence-electron chi connectivity index (χ1n) is 10.3. The molecular formula is C19H29N7O7. The van der Waals surface area contributed by atoms with Gasteiger partial charge in [0.05, 0.1) is 18.9 Å². The molecule has 0 radical (unpaired) electrons. The summed E-state index contributed by atoms with van der Waals surface area (Å²) in [4.78, 5) is 68.9. The number of H-pyrrole nitrogens is 1. The molecule has 1 aromatic rings. The van der Waals surface area contributed by atoms with Crippen LogP contribution in [0, 0.1) is 0 Å². The number of nitrogens with one attached hydrogen (secondary N) is 3. The lowest BCUT2D eigenvalue weighted by Crippen LogP contribution is -2.58. The maximum atomic E-state index is 12.9. The van der Waals surface area contributed by atoms with Crippen molar-refractivity contribution in [1.82, 2.24) is 25.5 Å². The molecule has 14 nitrogen and oxygen atoms in total. The van der Waals surface area contributed by atoms with Crippen molar-refractivity contribution in [3.63, 3.8) is 0 Å². The fourth-order valence-corrected chi connectivity index (χ4v) is 3.47. The number of rotatable bonds is 11. The van der Waals surface area contributed by atoms with Gasteiger partial charge in [0.1, 0.15) is 24.2 Å². The van der Waals surface area contributed by atoms with Crippen LogP contribution >= 0.6 is 0 Å². The van der Waals surface area contributed by atoms with Gasteiger partial charge in [0, 0.05) is 24.9 Å². The molecule has 1 fully saturated rings. The van der Waals surface area contributed by atoms with E-state index >= 15 is 0 Å². The normalized spacial score (nSPS) is 19.2. The smallest absolute Gasteiger partial charge is 0.326 e. The second-order valence-electron chi connectivity index (χ2n) is 7.87. The van der Waals surface area contributed by atoms with Crippen LogP contribution in [0.3, 0.4) is 0 Å². The quantitative estimate of drug-likeness (QED) is 0.171. The van der Waals surface area contributed by atoms with Crippen molar-refractivity contribution in [3.05, 3.63) is 18.2 Å². The molecule has 182 valence electrons. The largest absolute Gasteiger partial charge is 0.480 e. The van der Waals surface area contributed by atoms with Crippen LogP contribution in [0.25, 0.3) is 0 Å². The number of hydrogen-bond donors (Lipinski definition) is 7. The summed E-state index contributed by atoms with van der Waals surface area (Å²) >= 11 is 0. The van der Waals surface area contributed by atoms with Gasteiger partial charge in [-0.15, -0.1) is 0 Å². The lowest BCUT2D eigenvalue weighted by atomic mass is 10.1. The highest BCUT2D eigenvalue weighted by atomic mass is 16.4. The van der Waals surface area contributed by atoms with Gasteiger partial charge in [0.25, 0.3) is 0 Å². The van der Waals surface area contributed by atoms with Gasteiger partial charge in [-0.25, -0.2) is 9.78 Å². The number of nitrogens with zero attached hydrogens (tertiary/aromatic N) is 2. The van der Waals surface area contributed by atoms with Crippen LogP contribution in [0.1, 0.15) is 31.9 Å². The van der Waals surface area contributed by atoms with Crippen molar-refractivity contribution in [3.8, 4) is 0 Å². The van der Waals surface area contributed by atoms with Crippen LogP contribution in [0.5, 0.6) is 0 Å². The molecule has 1 aliphatic rings. The van der Waals surface area contributed by atoms with Crippen LogP contribution in [0.4, 0.5) is 0 Å². The Hall–Kier alpha value is -3.52. The highest BCUT2D eigenvalue weighted by Gasteiger charge is 2.39. The molecule has 14 heteroatoms. The fraction of sp³-hybridized carbons (Fsp3) is 0.579. The molecule has 0 aromatic carbocycles. The lowest BCUT2D eigenvalue weighted by molar-refractivity contribution is -0.143. The third-order valence-corrected chi connectivity index (χ3v) is 5.28. The third-order valence-electron chi connectivity index (χ3n) is 5.28. The number of carbonyl (C=O) groups is 5. The minimum atomic E-state index is -1.46. The summed E-state index contributed by atoms with van der Waals surface area (Å²) < 4.78 is 0. The molecule has 1 aromatic heterocycles. The number of carbonyl (C=O) groups excluding carboxylic acids is 4. The molecule has 2 rings (SSSR count). The molecule has 33 heavy (non-hydrogen) atoms. The Morgan fingerprint density at radius 2 is 1.97 bits per heavy atom. The summed E-state index contributed by atoms with van der Waals surface area (Å²) in [7, 11) is 0. The molecule has 9 N–H and O–H groups in total. The molecule has 5 atom stereocenters. The lowest BCUT2D eigenvalue weighted by Gasteiger charge is -2.29. The van der Waals surface area contributed by atoms with Gasteiger partial charge >= 0.3 is 5.97 Å². The van der Waals surface area contributed by atoms with E-state index in [1.54, 1.807) is 0 Å². The zero-order valence-corrected chi connectivity index (χ0v) is 18.1. The van der Waals surface area contributed by atoms with E-state index in [4.69, 9.17) is 11.5 Å². The molecule has 0 bridgehead atoms. The Bertz CT molecular complexity index is 874. The van der Waals surface area contributed by atoms with E-state index in [0.29, 0.717) is 12.1 Å². The molecule has 2 heterocycles. The van der Waals surface area contributed by atoms with Crippen LogP contribution in [0.15, 0.2) is 12.5 Å². The van der Waals surface area contributed by atoms with Crippen LogP contribution in [-0.4, -0.2) is 91.5 Å². The van der Waals surface area contributed by atoms with Crippen molar-refractivity contribution >= 4 is 29.6 Å². The summed E-state index contributed by atoms with van der Waals surface area (Å²) in [5, 5.41) is 23.7. The number of hydrogen-bond acceptors (Lipinski definition) is 8. The summed E-state index contributed by atoms with van der Waals surface area (Å²) in [5.41, 5.74) is 11.3. The zero-order chi connectivity index (χ0) is 24.7. The average Bonchev–Trinajstić information content (AvgIpc) is 3.43. The predicted molar refractivity (Wildman–Crippen MR) is 112 cm³/mol. The zero-order valence-electron chi connectivity index (χ0n) is 18.1. The van der Waals surface area contributed by atoms with Gasteiger partial charge in [-0.1, -0.05) is 0 Å². The number of aliphatic hydroxyl groups excluding tert-OH is 1. The van der Waals surface area contributed by atoms with E-state index in [-0.39, 0.29) is 19.4 Å². The Morgan fingerprint density at radius 1 is 1.27 bits per heavy atom. The van der Waals surface area contributed by atoms with Crippen molar-refractivity contribution in [2.24, 2.45) is 11.5 Å². The predicted octanol–water partition coefficient (Wildman–Crippen LogP) is -3.42. The van der Waals surface area contributed by atoms with E-state index in [2.05, 4.69) is 20.6 Å². The summed E-state index contributed by atoms with van der Waals surface area (Å²) in [6.07, 6.45) is 1.71. The average molecular weight is 467 g/mol. The van der Waals surface area contributed by atoms with E-state index in [1.807, 2.05) is 0 Å². The molecule has 1 aliphatic heterocycles. The second kappa shape index (κ2) is 11.4. The van der Waals surface area contributed by atoms with Crippen molar-refractivity contribution in [1.29, 1.82) is 0 Å². The molecule has 4 amide bonds. The number of imidazole rings is 1. The van der Waals surface area contributed by atoms with E-state index < -0.39 is 66.3 Å². The first-order chi connectivity index (χ1) is 15.5. The molecule has 0 saturated carbocycles. The number of aliphatic carboxylic acids is 1. The number of aromatic nitrogens is 2. The number of amides is 4. The number of likely N-dealkylation sites (tertiary alicyclic amines) is 1. The third kappa shape index (κ3) is 6.98. The molecule has 1 saturated heterocycles. The number of carboxylic acids is 1. The number of aliphatic hydroxyl groups is 1. The Kier molecular flexibility index (Phi) is 8.87. The minimum absolute atomic E-state index is 0.111. The van der Waals surface area contributed by atoms with Gasteiger partial charge < -0.3 is 42.2 Å². The molecular weight excluding hydrogens is 438 g/mol. The first-order valence-corrected chi connectivity index (χ1v) is 10.3. The van der Waals surface area contributed by atoms with Crippen LogP contribution in [0.2, 0.25) is 0 Å². The van der Waals surface area contributed by atoms with Gasteiger partial charge in [0.2, 0.25) is 23.6 Å². The summed E-state index contributed by atoms with van der Waals surface area (Å²) in [5.74, 6) is -4.50. The van der Waals surface area contributed by atoms with E-state index in [1.165, 1.54) is 24.3 Å². The Morgan fingerprint density at radius 3 is 2.52 bits per heavy atom. The Labute approximate surface area is 189 Å². The summed E-state index contributed by atoms with van der Waals surface area (Å²) in [6, 6.07) is -5.01. The fourth-order valence-electron chi connectivity index (χ4n) is 3.47. The highest BCUT2D eigenvalue weighted by Crippen LogP contribution is 2.19. The van der Waals surface area contributed by atoms with E-state index in [0.717, 1.165) is 0 Å². The number of nitrogens with two attached hydrogens (primary N) is 2. The number of carboxylic acid groups (broad SMARTS) is 1. The Balaban J connectivity index is 2.11. The topological polar surface area (TPSA) is 234 Å². The monoisotopic (exact) mass is 467 g/mol. The number of aromatic amines is 1. The number of primary amides is 1. The highest BCUT2D eigenvalue weighted by molar-refractivity contribution is 5.96. The van der Waals surface area contributed by atoms with Gasteiger partial charge in [-0.3, -0.25) is 19.2 Å². The van der Waals surface area contributed by atoms with Crippen LogP contribution < -0.4 is 22.1 Å². The van der Waals surface area contributed by atoms with Gasteiger partial charge in [-0.2, -0.15) is 0 Å². The second-order valence-corrected chi connectivity index (χ2v) is 7.87. The summed E-state index contributed by atoms with van der Waals surface area (Å²) in [6.45, 7) is 1.58. The van der Waals surface area contributed by atoms with Crippen molar-refractivity contribution < 1.29 is 34.2 Å². The molecule has 5 unspecified atom stereocenters. The van der Waals surface area contributed by atoms with Crippen LogP contribution in [-0.2, 0) is 30.4 Å². The van der Waals surface area contributed by atoms with Gasteiger partial charge in [-0.05, 0) is 19.8 Å². The standard InChI is InChI=1S/C19H29N7O7/c1-9(27)15(21)18(31)26-4-2-3-13(26)17(30)24-11(6-14(20)28)16(29)25-12(19(32)33)5-10-7-22-8-23-10/h7-9,11-13,15,27H,2-6,21H2,1H3,(H2,20,28)(H,22,23)(H,24,30)(H,25,29)(H,32,33). The van der Waals surface area contributed by atoms with Gasteiger partial charge in [0.15, 0.2) is 0 Å².